The fourth-order valence-electron chi connectivity index (χ4n) is 2.25. The Morgan fingerprint density at radius 1 is 1.57 bits per heavy atom. The van der Waals surface area contributed by atoms with Crippen LogP contribution in [0.15, 0.2) is 12.2 Å². The minimum Gasteiger partial charge on any atom is -0.469 e. The van der Waals surface area contributed by atoms with E-state index < -0.39 is 6.10 Å². The Morgan fingerprint density at radius 3 is 2.57 bits per heavy atom. The van der Waals surface area contributed by atoms with Crippen LogP contribution in [-0.2, 0) is 9.53 Å². The number of aliphatic hydroxyl groups excluding tert-OH is 1. The predicted molar refractivity (Wildman–Crippen MR) is 53.6 cm³/mol. The monoisotopic (exact) mass is 198 g/mol. The van der Waals surface area contributed by atoms with Crippen molar-refractivity contribution in [2.75, 3.05) is 7.11 Å². The minimum atomic E-state index is -0.416. The Hall–Kier alpha value is -0.830. The number of aliphatic hydroxyl groups is 1. The largest absolute Gasteiger partial charge is 0.469 e. The SMILES string of the molecule is C=C(C)[C@@H]1C[C@H](O)[C@H](C)[C@H]1C(=O)OC. The second-order valence-corrected chi connectivity index (χ2v) is 4.16. The van der Waals surface area contributed by atoms with Crippen LogP contribution in [0, 0.1) is 17.8 Å². The van der Waals surface area contributed by atoms with E-state index in [1.807, 2.05) is 13.8 Å². The Labute approximate surface area is 84.8 Å². The second kappa shape index (κ2) is 4.13. The molecule has 0 aliphatic heterocycles. The van der Waals surface area contributed by atoms with Crippen molar-refractivity contribution >= 4 is 5.97 Å². The van der Waals surface area contributed by atoms with Gasteiger partial charge in [0.25, 0.3) is 0 Å². The lowest BCUT2D eigenvalue weighted by Crippen LogP contribution is -2.27. The molecule has 3 nitrogen and oxygen atoms in total. The number of rotatable bonds is 2. The molecule has 0 aromatic carbocycles. The van der Waals surface area contributed by atoms with Gasteiger partial charge in [0.2, 0.25) is 0 Å². The van der Waals surface area contributed by atoms with Crippen LogP contribution in [0.3, 0.4) is 0 Å². The van der Waals surface area contributed by atoms with Gasteiger partial charge in [0, 0.05) is 0 Å². The fraction of sp³-hybridized carbons (Fsp3) is 0.727. The molecule has 1 aliphatic rings. The first-order chi connectivity index (χ1) is 6.49. The third-order valence-electron chi connectivity index (χ3n) is 3.21. The number of methoxy groups -OCH3 is 1. The zero-order valence-electron chi connectivity index (χ0n) is 8.99. The van der Waals surface area contributed by atoms with Crippen LogP contribution < -0.4 is 0 Å². The molecule has 0 saturated heterocycles. The third kappa shape index (κ3) is 1.82. The molecular weight excluding hydrogens is 180 g/mol. The molecular formula is C11H18O3. The van der Waals surface area contributed by atoms with E-state index in [-0.39, 0.29) is 23.7 Å². The molecule has 80 valence electrons. The van der Waals surface area contributed by atoms with Gasteiger partial charge in [0.05, 0.1) is 19.1 Å². The van der Waals surface area contributed by atoms with Crippen molar-refractivity contribution in [2.24, 2.45) is 17.8 Å². The van der Waals surface area contributed by atoms with Crippen molar-refractivity contribution in [3.8, 4) is 0 Å². The normalized spacial score (nSPS) is 36.9. The summed E-state index contributed by atoms with van der Waals surface area (Å²) in [6, 6.07) is 0. The summed E-state index contributed by atoms with van der Waals surface area (Å²) < 4.78 is 4.74. The maximum absolute atomic E-state index is 11.5. The molecule has 3 heteroatoms. The van der Waals surface area contributed by atoms with Gasteiger partial charge in [-0.3, -0.25) is 4.79 Å². The highest BCUT2D eigenvalue weighted by atomic mass is 16.5. The highest BCUT2D eigenvalue weighted by Gasteiger charge is 2.44. The summed E-state index contributed by atoms with van der Waals surface area (Å²) in [4.78, 5) is 11.5. The van der Waals surface area contributed by atoms with Crippen molar-refractivity contribution in [3.63, 3.8) is 0 Å². The molecule has 0 spiro atoms. The van der Waals surface area contributed by atoms with Crippen LogP contribution in [0.2, 0.25) is 0 Å². The Bertz CT molecular complexity index is 247. The highest BCUT2D eigenvalue weighted by Crippen LogP contribution is 2.41. The van der Waals surface area contributed by atoms with Crippen LogP contribution in [0.1, 0.15) is 20.3 Å². The van der Waals surface area contributed by atoms with E-state index in [9.17, 15) is 9.90 Å². The molecule has 1 saturated carbocycles. The van der Waals surface area contributed by atoms with Gasteiger partial charge in [-0.25, -0.2) is 0 Å². The van der Waals surface area contributed by atoms with Crippen LogP contribution >= 0.6 is 0 Å². The molecule has 14 heavy (non-hydrogen) atoms. The van der Waals surface area contributed by atoms with Gasteiger partial charge < -0.3 is 9.84 Å². The van der Waals surface area contributed by atoms with Gasteiger partial charge in [-0.15, -0.1) is 0 Å². The predicted octanol–water partition coefficient (Wildman–Crippen LogP) is 1.37. The Balaban J connectivity index is 2.86. The lowest BCUT2D eigenvalue weighted by Gasteiger charge is -2.20. The smallest absolute Gasteiger partial charge is 0.309 e. The molecule has 0 bridgehead atoms. The lowest BCUT2D eigenvalue weighted by molar-refractivity contribution is -0.148. The minimum absolute atomic E-state index is 0.0378. The molecule has 1 aliphatic carbocycles. The zero-order valence-corrected chi connectivity index (χ0v) is 8.99. The van der Waals surface area contributed by atoms with Crippen molar-refractivity contribution in [3.05, 3.63) is 12.2 Å². The average molecular weight is 198 g/mol. The van der Waals surface area contributed by atoms with Gasteiger partial charge in [-0.2, -0.15) is 0 Å². The Morgan fingerprint density at radius 2 is 2.14 bits per heavy atom. The number of esters is 1. The first-order valence-electron chi connectivity index (χ1n) is 4.90. The van der Waals surface area contributed by atoms with Crippen LogP contribution in [-0.4, -0.2) is 24.3 Å². The molecule has 1 N–H and O–H groups in total. The van der Waals surface area contributed by atoms with Crippen molar-refractivity contribution in [1.82, 2.24) is 0 Å². The van der Waals surface area contributed by atoms with Crippen molar-refractivity contribution in [1.29, 1.82) is 0 Å². The molecule has 0 aromatic heterocycles. The summed E-state index contributed by atoms with van der Waals surface area (Å²) in [6.45, 7) is 7.63. The number of hydrogen-bond acceptors (Lipinski definition) is 3. The summed E-state index contributed by atoms with van der Waals surface area (Å²) in [7, 11) is 1.38. The summed E-state index contributed by atoms with van der Waals surface area (Å²) in [5.41, 5.74) is 0.948. The quantitative estimate of drug-likeness (QED) is 0.538. The molecule has 4 atom stereocenters. The van der Waals surface area contributed by atoms with E-state index >= 15 is 0 Å². The maximum atomic E-state index is 11.5. The van der Waals surface area contributed by atoms with E-state index in [1.54, 1.807) is 0 Å². The highest BCUT2D eigenvalue weighted by molar-refractivity contribution is 5.74. The summed E-state index contributed by atoms with van der Waals surface area (Å²) >= 11 is 0. The van der Waals surface area contributed by atoms with E-state index in [0.29, 0.717) is 6.42 Å². The van der Waals surface area contributed by atoms with Gasteiger partial charge >= 0.3 is 5.97 Å². The molecule has 0 aromatic rings. The number of carbonyl (C=O) groups excluding carboxylic acids is 1. The number of allylic oxidation sites excluding steroid dienone is 1. The van der Waals surface area contributed by atoms with E-state index in [0.717, 1.165) is 5.57 Å². The summed E-state index contributed by atoms with van der Waals surface area (Å²) in [5.74, 6) is -0.439. The van der Waals surface area contributed by atoms with Crippen molar-refractivity contribution < 1.29 is 14.6 Å². The van der Waals surface area contributed by atoms with Crippen LogP contribution in [0.4, 0.5) is 0 Å². The third-order valence-corrected chi connectivity index (χ3v) is 3.21. The van der Waals surface area contributed by atoms with Crippen LogP contribution in [0.25, 0.3) is 0 Å². The van der Waals surface area contributed by atoms with Gasteiger partial charge in [0.1, 0.15) is 0 Å². The molecule has 0 amide bonds. The second-order valence-electron chi connectivity index (χ2n) is 4.16. The molecule has 0 unspecified atom stereocenters. The maximum Gasteiger partial charge on any atom is 0.309 e. The average Bonchev–Trinajstić information content (AvgIpc) is 2.43. The van der Waals surface area contributed by atoms with E-state index in [1.165, 1.54) is 7.11 Å². The zero-order chi connectivity index (χ0) is 10.9. The first-order valence-corrected chi connectivity index (χ1v) is 4.90. The molecule has 0 radical (unpaired) electrons. The fourth-order valence-corrected chi connectivity index (χ4v) is 2.25. The van der Waals surface area contributed by atoms with E-state index in [4.69, 9.17) is 4.74 Å². The van der Waals surface area contributed by atoms with Gasteiger partial charge in [-0.1, -0.05) is 19.1 Å². The van der Waals surface area contributed by atoms with Gasteiger partial charge in [0.15, 0.2) is 0 Å². The standard InChI is InChI=1S/C11H18O3/c1-6(2)8-5-9(12)7(3)10(8)11(13)14-4/h7-10,12H,1,5H2,2-4H3/t7-,8-,9-,10+/m0/s1. The summed E-state index contributed by atoms with van der Waals surface area (Å²) in [5, 5.41) is 9.68. The van der Waals surface area contributed by atoms with Gasteiger partial charge in [-0.05, 0) is 25.2 Å². The van der Waals surface area contributed by atoms with E-state index in [2.05, 4.69) is 6.58 Å². The molecule has 1 rings (SSSR count). The molecule has 1 fully saturated rings. The molecule has 0 heterocycles. The topological polar surface area (TPSA) is 46.5 Å². The number of ether oxygens (including phenoxy) is 1. The first kappa shape index (κ1) is 11.2. The lowest BCUT2D eigenvalue weighted by atomic mass is 9.86. The summed E-state index contributed by atoms with van der Waals surface area (Å²) in [6.07, 6.45) is 0.205. The van der Waals surface area contributed by atoms with Crippen LogP contribution in [0.5, 0.6) is 0 Å². The Kier molecular flexibility index (Phi) is 3.32. The number of carbonyl (C=O) groups is 1. The number of hydrogen-bond donors (Lipinski definition) is 1. The van der Waals surface area contributed by atoms with Crippen molar-refractivity contribution in [2.45, 2.75) is 26.4 Å².